The van der Waals surface area contributed by atoms with Gasteiger partial charge in [-0.25, -0.2) is 8.78 Å². The van der Waals surface area contributed by atoms with Crippen molar-refractivity contribution in [3.8, 4) is 5.75 Å². The molecule has 0 fully saturated rings. The molecule has 2 aromatic carbocycles. The lowest BCUT2D eigenvalue weighted by Crippen LogP contribution is -2.22. The minimum absolute atomic E-state index is 0.0802. The summed E-state index contributed by atoms with van der Waals surface area (Å²) in [4.78, 5) is 11.7. The van der Waals surface area contributed by atoms with Gasteiger partial charge >= 0.3 is 6.36 Å². The standard InChI is InChI=1S/C15H11F5N2O2/c16-9-5-10(17)7-12(6-9)21-8-14(23)22-11-1-3-13(4-2-11)24-15(18,19)20/h1-7,21H,8H2,(H,22,23). The van der Waals surface area contributed by atoms with Gasteiger partial charge in [0.05, 0.1) is 6.54 Å². The molecule has 2 rings (SSSR count). The van der Waals surface area contributed by atoms with Crippen LogP contribution in [0.3, 0.4) is 0 Å². The van der Waals surface area contributed by atoms with E-state index in [0.717, 1.165) is 24.3 Å². The van der Waals surface area contributed by atoms with Crippen LogP contribution in [0.2, 0.25) is 0 Å². The number of benzene rings is 2. The highest BCUT2D eigenvalue weighted by Gasteiger charge is 2.30. The van der Waals surface area contributed by atoms with Crippen LogP contribution in [0.5, 0.6) is 5.75 Å². The fourth-order valence-electron chi connectivity index (χ4n) is 1.78. The van der Waals surface area contributed by atoms with E-state index in [9.17, 15) is 26.7 Å². The summed E-state index contributed by atoms with van der Waals surface area (Å²) in [5.41, 5.74) is 0.318. The third-order valence-corrected chi connectivity index (χ3v) is 2.69. The molecule has 0 atom stereocenters. The van der Waals surface area contributed by atoms with E-state index in [4.69, 9.17) is 0 Å². The van der Waals surface area contributed by atoms with Crippen molar-refractivity contribution >= 4 is 17.3 Å². The number of ether oxygens (including phenoxy) is 1. The molecule has 24 heavy (non-hydrogen) atoms. The molecular weight excluding hydrogens is 335 g/mol. The van der Waals surface area contributed by atoms with Crippen LogP contribution in [0, 0.1) is 11.6 Å². The zero-order chi connectivity index (χ0) is 17.7. The topological polar surface area (TPSA) is 50.4 Å². The van der Waals surface area contributed by atoms with Gasteiger partial charge in [-0.3, -0.25) is 4.79 Å². The first-order valence-corrected chi connectivity index (χ1v) is 6.57. The van der Waals surface area contributed by atoms with Crippen LogP contribution < -0.4 is 15.4 Å². The second-order valence-electron chi connectivity index (χ2n) is 4.63. The lowest BCUT2D eigenvalue weighted by molar-refractivity contribution is -0.274. The lowest BCUT2D eigenvalue weighted by atomic mass is 10.3. The number of amides is 1. The molecule has 0 aliphatic heterocycles. The number of alkyl halides is 3. The highest BCUT2D eigenvalue weighted by atomic mass is 19.4. The Hall–Kier alpha value is -2.84. The predicted octanol–water partition coefficient (Wildman–Crippen LogP) is 3.91. The number of carbonyl (C=O) groups excluding carboxylic acids is 1. The summed E-state index contributed by atoms with van der Waals surface area (Å²) in [6.45, 7) is -0.288. The molecule has 128 valence electrons. The summed E-state index contributed by atoms with van der Waals surface area (Å²) in [6, 6.07) is 7.24. The van der Waals surface area contributed by atoms with E-state index < -0.39 is 29.7 Å². The van der Waals surface area contributed by atoms with Crippen LogP contribution in [0.1, 0.15) is 0 Å². The maximum atomic E-state index is 13.0. The molecule has 0 bridgehead atoms. The van der Waals surface area contributed by atoms with Crippen molar-refractivity contribution in [3.63, 3.8) is 0 Å². The number of carbonyl (C=O) groups is 1. The Morgan fingerprint density at radius 1 is 0.958 bits per heavy atom. The SMILES string of the molecule is O=C(CNc1cc(F)cc(F)c1)Nc1ccc(OC(F)(F)F)cc1. The van der Waals surface area contributed by atoms with E-state index in [-0.39, 0.29) is 17.9 Å². The van der Waals surface area contributed by atoms with Crippen molar-refractivity contribution < 1.29 is 31.5 Å². The number of rotatable bonds is 5. The van der Waals surface area contributed by atoms with Gasteiger partial charge in [-0.2, -0.15) is 0 Å². The summed E-state index contributed by atoms with van der Waals surface area (Å²) in [5.74, 6) is -2.56. The van der Waals surface area contributed by atoms with E-state index >= 15 is 0 Å². The van der Waals surface area contributed by atoms with Gasteiger partial charge in [-0.05, 0) is 36.4 Å². The summed E-state index contributed by atoms with van der Waals surface area (Å²) >= 11 is 0. The highest BCUT2D eigenvalue weighted by molar-refractivity contribution is 5.93. The van der Waals surface area contributed by atoms with Gasteiger partial charge < -0.3 is 15.4 Å². The van der Waals surface area contributed by atoms with E-state index in [0.29, 0.717) is 6.07 Å². The Kier molecular flexibility index (Phi) is 5.22. The molecule has 0 aromatic heterocycles. The molecule has 2 N–H and O–H groups in total. The number of halogens is 5. The van der Waals surface area contributed by atoms with Gasteiger partial charge in [0.25, 0.3) is 0 Å². The zero-order valence-corrected chi connectivity index (χ0v) is 12.0. The Morgan fingerprint density at radius 2 is 1.54 bits per heavy atom. The lowest BCUT2D eigenvalue weighted by Gasteiger charge is -2.10. The largest absolute Gasteiger partial charge is 0.573 e. The number of hydrogen-bond donors (Lipinski definition) is 2. The summed E-state index contributed by atoms with van der Waals surface area (Å²) in [5, 5.41) is 4.93. The van der Waals surface area contributed by atoms with Gasteiger partial charge in [0.1, 0.15) is 17.4 Å². The molecule has 2 aromatic rings. The molecule has 0 heterocycles. The van der Waals surface area contributed by atoms with E-state index in [2.05, 4.69) is 15.4 Å². The van der Waals surface area contributed by atoms with E-state index in [1.54, 1.807) is 0 Å². The molecule has 0 aliphatic carbocycles. The molecule has 1 amide bonds. The molecular formula is C15H11F5N2O2. The van der Waals surface area contributed by atoms with Crippen molar-refractivity contribution in [1.82, 2.24) is 0 Å². The Labute approximate surface area is 133 Å². The Bertz CT molecular complexity index is 697. The molecule has 0 radical (unpaired) electrons. The molecule has 4 nitrogen and oxygen atoms in total. The maximum absolute atomic E-state index is 13.0. The summed E-state index contributed by atoms with van der Waals surface area (Å²) in [6.07, 6.45) is -4.80. The van der Waals surface area contributed by atoms with E-state index in [1.165, 1.54) is 12.1 Å². The first kappa shape index (κ1) is 17.5. The molecule has 0 aliphatic rings. The van der Waals surface area contributed by atoms with Gasteiger partial charge in [0.15, 0.2) is 0 Å². The number of anilines is 2. The van der Waals surface area contributed by atoms with Gasteiger partial charge in [0, 0.05) is 17.4 Å². The second-order valence-corrected chi connectivity index (χ2v) is 4.63. The smallest absolute Gasteiger partial charge is 0.406 e. The van der Waals surface area contributed by atoms with Crippen LogP contribution in [-0.2, 0) is 4.79 Å². The maximum Gasteiger partial charge on any atom is 0.573 e. The average Bonchev–Trinajstić information content (AvgIpc) is 2.45. The van der Waals surface area contributed by atoms with Crippen LogP contribution in [0.15, 0.2) is 42.5 Å². The number of hydrogen-bond acceptors (Lipinski definition) is 3. The highest BCUT2D eigenvalue weighted by Crippen LogP contribution is 2.23. The molecule has 0 saturated carbocycles. The van der Waals surface area contributed by atoms with Crippen molar-refractivity contribution in [1.29, 1.82) is 0 Å². The van der Waals surface area contributed by atoms with Gasteiger partial charge in [-0.15, -0.1) is 13.2 Å². The first-order valence-electron chi connectivity index (χ1n) is 6.57. The van der Waals surface area contributed by atoms with Gasteiger partial charge in [-0.1, -0.05) is 0 Å². The Morgan fingerprint density at radius 3 is 2.08 bits per heavy atom. The minimum Gasteiger partial charge on any atom is -0.406 e. The second kappa shape index (κ2) is 7.16. The van der Waals surface area contributed by atoms with Crippen LogP contribution in [0.25, 0.3) is 0 Å². The predicted molar refractivity (Wildman–Crippen MR) is 76.6 cm³/mol. The third kappa shape index (κ3) is 5.75. The zero-order valence-electron chi connectivity index (χ0n) is 12.0. The van der Waals surface area contributed by atoms with Gasteiger partial charge in [0.2, 0.25) is 5.91 Å². The summed E-state index contributed by atoms with van der Waals surface area (Å²) < 4.78 is 65.7. The fourth-order valence-corrected chi connectivity index (χ4v) is 1.78. The monoisotopic (exact) mass is 346 g/mol. The fraction of sp³-hybridized carbons (Fsp3) is 0.133. The van der Waals surface area contributed by atoms with Crippen molar-refractivity contribution in [2.75, 3.05) is 17.2 Å². The normalized spacial score (nSPS) is 11.0. The quantitative estimate of drug-likeness (QED) is 0.807. The van der Waals surface area contributed by atoms with Crippen molar-refractivity contribution in [2.24, 2.45) is 0 Å². The molecule has 0 saturated heterocycles. The number of nitrogens with one attached hydrogen (secondary N) is 2. The van der Waals surface area contributed by atoms with Crippen LogP contribution >= 0.6 is 0 Å². The molecule has 0 unspecified atom stereocenters. The van der Waals surface area contributed by atoms with Crippen molar-refractivity contribution in [2.45, 2.75) is 6.36 Å². The summed E-state index contributed by atoms with van der Waals surface area (Å²) in [7, 11) is 0. The average molecular weight is 346 g/mol. The van der Waals surface area contributed by atoms with Crippen LogP contribution in [-0.4, -0.2) is 18.8 Å². The van der Waals surface area contributed by atoms with Crippen molar-refractivity contribution in [3.05, 3.63) is 54.1 Å². The minimum atomic E-state index is -4.80. The first-order chi connectivity index (χ1) is 11.2. The third-order valence-electron chi connectivity index (χ3n) is 2.69. The Balaban J connectivity index is 1.88. The van der Waals surface area contributed by atoms with E-state index in [1.807, 2.05) is 0 Å². The van der Waals surface area contributed by atoms with Crippen LogP contribution in [0.4, 0.5) is 33.3 Å². The molecule has 9 heteroatoms. The molecule has 0 spiro atoms.